The van der Waals surface area contributed by atoms with Gasteiger partial charge < -0.3 is 9.30 Å². The Balaban J connectivity index is 2.34. The van der Waals surface area contributed by atoms with Crippen molar-refractivity contribution in [2.75, 3.05) is 13.2 Å². The first-order valence-electron chi connectivity index (χ1n) is 6.12. The predicted molar refractivity (Wildman–Crippen MR) is 68.4 cm³/mol. The highest BCUT2D eigenvalue weighted by molar-refractivity contribution is 8.13. The lowest BCUT2D eigenvalue weighted by Crippen LogP contribution is -2.20. The minimum atomic E-state index is -3.75. The monoisotopic (exact) mass is 292 g/mol. The maximum absolute atomic E-state index is 11.4. The van der Waals surface area contributed by atoms with Gasteiger partial charge in [0.1, 0.15) is 5.82 Å². The van der Waals surface area contributed by atoms with Crippen molar-refractivity contribution >= 4 is 19.7 Å². The summed E-state index contributed by atoms with van der Waals surface area (Å²) in [7, 11) is 1.60. The summed E-state index contributed by atoms with van der Waals surface area (Å²) in [5.41, 5.74) is 0. The summed E-state index contributed by atoms with van der Waals surface area (Å²) < 4.78 is 30.0. The summed E-state index contributed by atoms with van der Waals surface area (Å²) in [5.74, 6) is 0.795. The van der Waals surface area contributed by atoms with Crippen molar-refractivity contribution < 1.29 is 13.2 Å². The van der Waals surface area contributed by atoms with Crippen LogP contribution in [0.4, 0.5) is 0 Å². The Morgan fingerprint density at radius 1 is 1.50 bits per heavy atom. The number of halogens is 1. The fourth-order valence-corrected chi connectivity index (χ4v) is 2.89. The van der Waals surface area contributed by atoms with Crippen LogP contribution in [0.15, 0.2) is 11.2 Å². The second-order valence-electron chi connectivity index (χ2n) is 4.43. The van der Waals surface area contributed by atoms with Crippen LogP contribution in [0.5, 0.6) is 0 Å². The maximum atomic E-state index is 11.4. The molecule has 102 valence electrons. The van der Waals surface area contributed by atoms with E-state index in [2.05, 4.69) is 4.98 Å². The molecule has 0 atom stereocenters. The molecular formula is C11H17ClN2O3S. The largest absolute Gasteiger partial charge is 0.381 e. The number of aryl methyl sites for hydroxylation is 1. The Kier molecular flexibility index (Phi) is 4.29. The SMILES string of the molecule is CCCc1nc(S(=O)(=O)Cl)cn1C1CCOCC1. The number of aromatic nitrogens is 2. The molecular weight excluding hydrogens is 276 g/mol. The van der Waals surface area contributed by atoms with Crippen molar-refractivity contribution in [2.45, 2.75) is 43.7 Å². The zero-order valence-electron chi connectivity index (χ0n) is 10.3. The van der Waals surface area contributed by atoms with Gasteiger partial charge in [-0.1, -0.05) is 6.92 Å². The number of imidazole rings is 1. The summed E-state index contributed by atoms with van der Waals surface area (Å²) >= 11 is 0. The van der Waals surface area contributed by atoms with E-state index in [1.165, 1.54) is 0 Å². The van der Waals surface area contributed by atoms with E-state index < -0.39 is 9.05 Å². The standard InChI is InChI=1S/C11H17ClN2O3S/c1-2-3-10-13-11(18(12,15)16)8-14(10)9-4-6-17-7-5-9/h8-9H,2-7H2,1H3. The number of ether oxygens (including phenoxy) is 1. The summed E-state index contributed by atoms with van der Waals surface area (Å²) in [6.07, 6.45) is 5.00. The molecule has 0 aliphatic carbocycles. The van der Waals surface area contributed by atoms with E-state index in [4.69, 9.17) is 15.4 Å². The molecule has 2 rings (SSSR count). The quantitative estimate of drug-likeness (QED) is 0.798. The maximum Gasteiger partial charge on any atom is 0.280 e. The highest BCUT2D eigenvalue weighted by atomic mass is 35.7. The molecule has 1 saturated heterocycles. The van der Waals surface area contributed by atoms with Gasteiger partial charge in [-0.25, -0.2) is 13.4 Å². The molecule has 5 nitrogen and oxygen atoms in total. The third-order valence-corrected chi connectivity index (χ3v) is 4.27. The second-order valence-corrected chi connectivity index (χ2v) is 6.95. The lowest BCUT2D eigenvalue weighted by molar-refractivity contribution is 0.0687. The third kappa shape index (κ3) is 3.05. The first-order valence-corrected chi connectivity index (χ1v) is 8.43. The normalized spacial score (nSPS) is 18.1. The lowest BCUT2D eigenvalue weighted by atomic mass is 10.1. The van der Waals surface area contributed by atoms with E-state index in [0.29, 0.717) is 13.2 Å². The molecule has 0 amide bonds. The third-order valence-electron chi connectivity index (χ3n) is 3.09. The van der Waals surface area contributed by atoms with Crippen molar-refractivity contribution in [2.24, 2.45) is 0 Å². The number of nitrogens with zero attached hydrogens (tertiary/aromatic N) is 2. The van der Waals surface area contributed by atoms with Gasteiger partial charge in [0.05, 0.1) is 0 Å². The van der Waals surface area contributed by atoms with Crippen LogP contribution in [-0.2, 0) is 20.2 Å². The molecule has 1 aliphatic rings. The van der Waals surface area contributed by atoms with E-state index in [1.54, 1.807) is 6.20 Å². The molecule has 0 N–H and O–H groups in total. The van der Waals surface area contributed by atoms with Crippen molar-refractivity contribution in [1.29, 1.82) is 0 Å². The van der Waals surface area contributed by atoms with Gasteiger partial charge in [0.25, 0.3) is 9.05 Å². The Morgan fingerprint density at radius 3 is 2.72 bits per heavy atom. The minimum absolute atomic E-state index is 0.0425. The van der Waals surface area contributed by atoms with Crippen molar-refractivity contribution in [1.82, 2.24) is 9.55 Å². The zero-order valence-corrected chi connectivity index (χ0v) is 11.9. The molecule has 1 aromatic heterocycles. The molecule has 0 bridgehead atoms. The molecule has 1 aromatic rings. The molecule has 2 heterocycles. The van der Waals surface area contributed by atoms with Gasteiger partial charge in [0.15, 0.2) is 5.03 Å². The van der Waals surface area contributed by atoms with Gasteiger partial charge in [0, 0.05) is 42.6 Å². The van der Waals surface area contributed by atoms with Gasteiger partial charge in [0.2, 0.25) is 0 Å². The Hall–Kier alpha value is -0.590. The topological polar surface area (TPSA) is 61.2 Å². The minimum Gasteiger partial charge on any atom is -0.381 e. The summed E-state index contributed by atoms with van der Waals surface area (Å²) in [6, 6.07) is 0.264. The summed E-state index contributed by atoms with van der Waals surface area (Å²) in [6.45, 7) is 3.45. The van der Waals surface area contributed by atoms with Gasteiger partial charge in [-0.05, 0) is 19.3 Å². The van der Waals surface area contributed by atoms with Crippen LogP contribution < -0.4 is 0 Å². The number of rotatable bonds is 4. The van der Waals surface area contributed by atoms with Gasteiger partial charge >= 0.3 is 0 Å². The summed E-state index contributed by atoms with van der Waals surface area (Å²) in [5, 5.41) is -0.0425. The molecule has 18 heavy (non-hydrogen) atoms. The molecule has 1 aliphatic heterocycles. The molecule has 0 saturated carbocycles. The fraction of sp³-hybridized carbons (Fsp3) is 0.727. The van der Waals surface area contributed by atoms with Crippen LogP contribution in [0, 0.1) is 0 Å². The highest BCUT2D eigenvalue weighted by Gasteiger charge is 2.23. The van der Waals surface area contributed by atoms with E-state index >= 15 is 0 Å². The van der Waals surface area contributed by atoms with Crippen molar-refractivity contribution in [3.05, 3.63) is 12.0 Å². The second kappa shape index (κ2) is 5.59. The van der Waals surface area contributed by atoms with Crippen LogP contribution in [0.3, 0.4) is 0 Å². The van der Waals surface area contributed by atoms with E-state index in [0.717, 1.165) is 31.5 Å². The molecule has 0 radical (unpaired) electrons. The smallest absolute Gasteiger partial charge is 0.280 e. The van der Waals surface area contributed by atoms with Crippen LogP contribution in [-0.4, -0.2) is 31.2 Å². The summed E-state index contributed by atoms with van der Waals surface area (Å²) in [4.78, 5) is 4.15. The molecule has 7 heteroatoms. The zero-order chi connectivity index (χ0) is 13.2. The van der Waals surface area contributed by atoms with Gasteiger partial charge in [-0.15, -0.1) is 0 Å². The van der Waals surface area contributed by atoms with Crippen LogP contribution in [0.25, 0.3) is 0 Å². The van der Waals surface area contributed by atoms with Gasteiger partial charge in [-0.3, -0.25) is 0 Å². The van der Waals surface area contributed by atoms with Crippen molar-refractivity contribution in [3.63, 3.8) is 0 Å². The molecule has 0 unspecified atom stereocenters. The number of hydrogen-bond donors (Lipinski definition) is 0. The lowest BCUT2D eigenvalue weighted by Gasteiger charge is -2.24. The molecule has 0 aromatic carbocycles. The highest BCUT2D eigenvalue weighted by Crippen LogP contribution is 2.25. The number of hydrogen-bond acceptors (Lipinski definition) is 4. The predicted octanol–water partition coefficient (Wildman–Crippen LogP) is 2.11. The first kappa shape index (κ1) is 13.8. The van der Waals surface area contributed by atoms with E-state index in [9.17, 15) is 8.42 Å². The van der Waals surface area contributed by atoms with Crippen molar-refractivity contribution in [3.8, 4) is 0 Å². The molecule has 1 fully saturated rings. The Bertz CT molecular complexity index is 506. The van der Waals surface area contributed by atoms with E-state index in [1.807, 2.05) is 11.5 Å². The Morgan fingerprint density at radius 2 is 2.17 bits per heavy atom. The van der Waals surface area contributed by atoms with Crippen LogP contribution in [0.1, 0.15) is 38.1 Å². The van der Waals surface area contributed by atoms with Gasteiger partial charge in [-0.2, -0.15) is 0 Å². The molecule has 0 spiro atoms. The average Bonchev–Trinajstić information content (AvgIpc) is 2.75. The fourth-order valence-electron chi connectivity index (χ4n) is 2.21. The Labute approximate surface area is 112 Å². The average molecular weight is 293 g/mol. The first-order chi connectivity index (χ1) is 8.52. The van der Waals surface area contributed by atoms with Crippen LogP contribution >= 0.6 is 10.7 Å². The van der Waals surface area contributed by atoms with Crippen LogP contribution in [0.2, 0.25) is 0 Å². The van der Waals surface area contributed by atoms with E-state index in [-0.39, 0.29) is 11.1 Å².